The van der Waals surface area contributed by atoms with Gasteiger partial charge in [-0.3, -0.25) is 0 Å². The number of hydrogen-bond donors (Lipinski definition) is 0. The fourth-order valence-corrected chi connectivity index (χ4v) is 7.20. The first kappa shape index (κ1) is 41.2. The number of unbranched alkanes of at least 4 members (excludes halogenated alkanes) is 29. The Bertz CT molecular complexity index is 635. The van der Waals surface area contributed by atoms with Gasteiger partial charge in [0, 0.05) is 0 Å². The molecule has 0 aliphatic heterocycles. The van der Waals surface area contributed by atoms with E-state index in [4.69, 9.17) is 0 Å². The van der Waals surface area contributed by atoms with Crippen LogP contribution in [0.4, 0.5) is 0 Å². The molecule has 1 rings (SSSR count). The summed E-state index contributed by atoms with van der Waals surface area (Å²) in [5.74, 6) is 0. The minimum Gasteiger partial charge on any atom is -0.0654 e. The Labute approximate surface area is 279 Å². The van der Waals surface area contributed by atoms with Crippen molar-refractivity contribution in [1.29, 1.82) is 0 Å². The molecule has 0 aliphatic rings. The Balaban J connectivity index is 2.11. The molecule has 0 N–H and O–H groups in total. The van der Waals surface area contributed by atoms with Gasteiger partial charge in [-0.05, 0) is 55.2 Å². The fourth-order valence-electron chi connectivity index (χ4n) is 7.20. The van der Waals surface area contributed by atoms with Crippen molar-refractivity contribution in [3.05, 3.63) is 34.9 Å². The van der Waals surface area contributed by atoms with Crippen LogP contribution in [0.3, 0.4) is 0 Å². The van der Waals surface area contributed by atoms with Gasteiger partial charge in [0.25, 0.3) is 0 Å². The summed E-state index contributed by atoms with van der Waals surface area (Å²) in [4.78, 5) is 0. The Hall–Kier alpha value is -0.780. The smallest absolute Gasteiger partial charge is 0.0274 e. The van der Waals surface area contributed by atoms with E-state index in [1.807, 2.05) is 0 Å². The molecule has 0 spiro atoms. The molecule has 0 radical (unpaired) electrons. The number of rotatable bonds is 35. The van der Waals surface area contributed by atoms with E-state index in [-0.39, 0.29) is 0 Å². The van der Waals surface area contributed by atoms with Crippen LogP contribution in [0.25, 0.3) is 0 Å². The molecule has 0 unspecified atom stereocenters. The molecule has 0 saturated heterocycles. The minimum absolute atomic E-state index is 1.31. The Morgan fingerprint density at radius 1 is 0.273 bits per heavy atom. The van der Waals surface area contributed by atoms with Gasteiger partial charge in [0.2, 0.25) is 0 Å². The predicted octanol–water partition coefficient (Wildman–Crippen LogP) is 15.9. The van der Waals surface area contributed by atoms with Crippen molar-refractivity contribution in [3.8, 4) is 0 Å². The summed E-state index contributed by atoms with van der Waals surface area (Å²) in [6.45, 7) is 6.97. The van der Waals surface area contributed by atoms with Crippen LogP contribution in [0.2, 0.25) is 0 Å². The van der Waals surface area contributed by atoms with E-state index in [1.165, 1.54) is 225 Å². The van der Waals surface area contributed by atoms with Crippen LogP contribution in [-0.2, 0) is 19.3 Å². The number of aryl methyl sites for hydroxylation is 2. The largest absolute Gasteiger partial charge is 0.0654 e. The van der Waals surface area contributed by atoms with Crippen LogP contribution in [-0.4, -0.2) is 0 Å². The molecule has 0 saturated carbocycles. The summed E-state index contributed by atoms with van der Waals surface area (Å²) in [5.41, 5.74) is 5.11. The maximum absolute atomic E-state index is 2.46. The van der Waals surface area contributed by atoms with Gasteiger partial charge in [-0.2, -0.15) is 0 Å². The van der Waals surface area contributed by atoms with Gasteiger partial charge in [0.1, 0.15) is 0 Å². The third-order valence-corrected chi connectivity index (χ3v) is 10.2. The maximum Gasteiger partial charge on any atom is -0.0274 e. The second-order valence-corrected chi connectivity index (χ2v) is 14.6. The van der Waals surface area contributed by atoms with E-state index in [0.29, 0.717) is 0 Å². The third kappa shape index (κ3) is 25.4. The molecular formula is C44H82. The lowest BCUT2D eigenvalue weighted by Crippen LogP contribution is -2.02. The molecule has 0 fully saturated rings. The van der Waals surface area contributed by atoms with Gasteiger partial charge >= 0.3 is 0 Å². The zero-order chi connectivity index (χ0) is 31.6. The van der Waals surface area contributed by atoms with E-state index < -0.39 is 0 Å². The van der Waals surface area contributed by atoms with Gasteiger partial charge in [-0.1, -0.05) is 225 Å². The van der Waals surface area contributed by atoms with Crippen molar-refractivity contribution in [2.24, 2.45) is 0 Å². The first-order valence-electron chi connectivity index (χ1n) is 20.9. The summed E-state index contributed by atoms with van der Waals surface area (Å²) >= 11 is 0. The van der Waals surface area contributed by atoms with Gasteiger partial charge in [-0.25, -0.2) is 0 Å². The van der Waals surface area contributed by atoms with Crippen molar-refractivity contribution in [2.45, 2.75) is 245 Å². The van der Waals surface area contributed by atoms with E-state index in [0.717, 1.165) is 0 Å². The predicted molar refractivity (Wildman–Crippen MR) is 202 cm³/mol. The van der Waals surface area contributed by atoms with Gasteiger partial charge in [0.15, 0.2) is 0 Å². The first-order chi connectivity index (χ1) is 21.8. The highest BCUT2D eigenvalue weighted by atomic mass is 14.1. The molecule has 1 aromatic carbocycles. The standard InChI is InChI=1S/C44H82/c1-4-7-10-12-14-16-18-20-22-24-26-28-30-32-34-37-42-39-36-40-43(44(42)41-9-6-3)38-35-33-31-29-27-25-23-21-19-17-15-13-11-8-5-2/h36,39-40H,4-35,37-38,41H2,1-3H3. The molecule has 0 atom stereocenters. The van der Waals surface area contributed by atoms with Crippen LogP contribution >= 0.6 is 0 Å². The summed E-state index contributed by atoms with van der Waals surface area (Å²) in [7, 11) is 0. The van der Waals surface area contributed by atoms with E-state index in [9.17, 15) is 0 Å². The monoisotopic (exact) mass is 611 g/mol. The van der Waals surface area contributed by atoms with Crippen molar-refractivity contribution < 1.29 is 0 Å². The number of benzene rings is 1. The average Bonchev–Trinajstić information content (AvgIpc) is 3.04. The quantitative estimate of drug-likeness (QED) is 0.0671. The molecule has 0 bridgehead atoms. The lowest BCUT2D eigenvalue weighted by atomic mass is 9.90. The van der Waals surface area contributed by atoms with Gasteiger partial charge in [0.05, 0.1) is 0 Å². The molecule has 1 aromatic rings. The highest BCUT2D eigenvalue weighted by molar-refractivity contribution is 5.36. The van der Waals surface area contributed by atoms with Crippen LogP contribution in [0.15, 0.2) is 18.2 Å². The van der Waals surface area contributed by atoms with Crippen molar-refractivity contribution in [2.75, 3.05) is 0 Å². The van der Waals surface area contributed by atoms with Crippen molar-refractivity contribution in [3.63, 3.8) is 0 Å². The van der Waals surface area contributed by atoms with Crippen molar-refractivity contribution >= 4 is 0 Å². The molecular weight excluding hydrogens is 528 g/mol. The highest BCUT2D eigenvalue weighted by Gasteiger charge is 2.08. The Morgan fingerprint density at radius 2 is 0.523 bits per heavy atom. The molecule has 44 heavy (non-hydrogen) atoms. The maximum atomic E-state index is 2.46. The SMILES string of the molecule is CCCCCCCCCCCCCCCCCc1cccc(CCCCCCCCCCCCCCCCC)c1CCCC. The number of hydrogen-bond acceptors (Lipinski definition) is 0. The van der Waals surface area contributed by atoms with Crippen LogP contribution < -0.4 is 0 Å². The zero-order valence-electron chi connectivity index (χ0n) is 31.0. The lowest BCUT2D eigenvalue weighted by Gasteiger charge is -2.15. The Kier molecular flexibility index (Phi) is 31.5. The van der Waals surface area contributed by atoms with E-state index in [1.54, 1.807) is 16.7 Å². The minimum atomic E-state index is 1.31. The first-order valence-corrected chi connectivity index (χ1v) is 20.9. The third-order valence-electron chi connectivity index (χ3n) is 10.2. The second-order valence-electron chi connectivity index (χ2n) is 14.6. The highest BCUT2D eigenvalue weighted by Crippen LogP contribution is 2.23. The van der Waals surface area contributed by atoms with Gasteiger partial charge < -0.3 is 0 Å². The van der Waals surface area contributed by atoms with E-state index in [2.05, 4.69) is 39.0 Å². The lowest BCUT2D eigenvalue weighted by molar-refractivity contribution is 0.531. The molecule has 0 aliphatic carbocycles. The summed E-state index contributed by atoms with van der Waals surface area (Å²) < 4.78 is 0. The molecule has 0 nitrogen and oxygen atoms in total. The van der Waals surface area contributed by atoms with Crippen LogP contribution in [0, 0.1) is 0 Å². The zero-order valence-corrected chi connectivity index (χ0v) is 31.0. The van der Waals surface area contributed by atoms with Crippen LogP contribution in [0.1, 0.15) is 243 Å². The van der Waals surface area contributed by atoms with E-state index >= 15 is 0 Å². The summed E-state index contributed by atoms with van der Waals surface area (Å²) in [5, 5.41) is 0. The molecule has 0 heterocycles. The molecule has 0 amide bonds. The van der Waals surface area contributed by atoms with Gasteiger partial charge in [-0.15, -0.1) is 0 Å². The Morgan fingerprint density at radius 3 is 0.795 bits per heavy atom. The topological polar surface area (TPSA) is 0 Å². The molecule has 0 heteroatoms. The molecule has 0 aromatic heterocycles. The summed E-state index contributed by atoms with van der Waals surface area (Å²) in [6.07, 6.45) is 50.1. The summed E-state index contributed by atoms with van der Waals surface area (Å²) in [6, 6.07) is 7.30. The van der Waals surface area contributed by atoms with Crippen LogP contribution in [0.5, 0.6) is 0 Å². The normalized spacial score (nSPS) is 11.5. The average molecular weight is 611 g/mol. The molecule has 258 valence electrons. The van der Waals surface area contributed by atoms with Crippen molar-refractivity contribution in [1.82, 2.24) is 0 Å². The fraction of sp³-hybridized carbons (Fsp3) is 0.864. The second kappa shape index (κ2) is 33.6.